The van der Waals surface area contributed by atoms with Crippen LogP contribution >= 0.6 is 0 Å². The number of amides is 1. The van der Waals surface area contributed by atoms with Crippen molar-refractivity contribution in [3.05, 3.63) is 29.3 Å². The molecule has 2 atom stereocenters. The van der Waals surface area contributed by atoms with Crippen molar-refractivity contribution in [2.45, 2.75) is 51.1 Å². The maximum atomic E-state index is 11.7. The second kappa shape index (κ2) is 6.06. The number of hydrogen-bond acceptors (Lipinski definition) is 3. The number of rotatable bonds is 4. The van der Waals surface area contributed by atoms with Gasteiger partial charge < -0.3 is 15.3 Å². The number of carbonyl (C=O) groups excluding carboxylic acids is 1. The molecule has 3 rings (SSSR count). The topological polar surface area (TPSA) is 52.6 Å². The average Bonchev–Trinajstić information content (AvgIpc) is 2.84. The van der Waals surface area contributed by atoms with Crippen molar-refractivity contribution in [1.82, 2.24) is 10.2 Å². The van der Waals surface area contributed by atoms with Gasteiger partial charge in [-0.1, -0.05) is 6.07 Å². The number of benzene rings is 1. The van der Waals surface area contributed by atoms with Gasteiger partial charge in [0.25, 0.3) is 0 Å². The second-order valence-electron chi connectivity index (χ2n) is 6.34. The summed E-state index contributed by atoms with van der Waals surface area (Å²) in [4.78, 5) is 13.7. The van der Waals surface area contributed by atoms with E-state index >= 15 is 0 Å². The number of phenols is 1. The van der Waals surface area contributed by atoms with Crippen LogP contribution in [-0.2, 0) is 11.2 Å². The largest absolute Gasteiger partial charge is 0.508 e. The van der Waals surface area contributed by atoms with Gasteiger partial charge in [0.15, 0.2) is 0 Å². The van der Waals surface area contributed by atoms with Crippen LogP contribution in [0.2, 0.25) is 0 Å². The fourth-order valence-corrected chi connectivity index (χ4v) is 3.60. The van der Waals surface area contributed by atoms with E-state index in [4.69, 9.17) is 0 Å². The standard InChI is InChI=1S/C17H24N2O2/c1-12(11-19-9-3-6-17(19)21)18-16-5-2-4-13-10-14(20)7-8-15(13)16/h7-8,10,12,16,18,20H,2-6,9,11H2,1H3. The van der Waals surface area contributed by atoms with E-state index in [0.717, 1.165) is 38.8 Å². The van der Waals surface area contributed by atoms with Crippen LogP contribution in [0.1, 0.15) is 49.8 Å². The van der Waals surface area contributed by atoms with Crippen molar-refractivity contribution in [3.8, 4) is 5.75 Å². The maximum absolute atomic E-state index is 11.7. The highest BCUT2D eigenvalue weighted by Crippen LogP contribution is 2.32. The van der Waals surface area contributed by atoms with E-state index in [-0.39, 0.29) is 11.9 Å². The Bertz CT molecular complexity index is 530. The molecule has 0 spiro atoms. The van der Waals surface area contributed by atoms with Crippen LogP contribution in [0.5, 0.6) is 5.75 Å². The maximum Gasteiger partial charge on any atom is 0.222 e. The zero-order chi connectivity index (χ0) is 14.8. The molecule has 1 aliphatic carbocycles. The highest BCUT2D eigenvalue weighted by Gasteiger charge is 2.25. The molecule has 0 saturated carbocycles. The second-order valence-corrected chi connectivity index (χ2v) is 6.34. The van der Waals surface area contributed by atoms with Gasteiger partial charge in [0.2, 0.25) is 5.91 Å². The summed E-state index contributed by atoms with van der Waals surface area (Å²) in [5.74, 6) is 0.641. The molecule has 1 fully saturated rings. The quantitative estimate of drug-likeness (QED) is 0.894. The number of nitrogens with zero attached hydrogens (tertiary/aromatic N) is 1. The van der Waals surface area contributed by atoms with Crippen molar-refractivity contribution in [3.63, 3.8) is 0 Å². The van der Waals surface area contributed by atoms with Crippen LogP contribution in [0.15, 0.2) is 18.2 Å². The van der Waals surface area contributed by atoms with Gasteiger partial charge >= 0.3 is 0 Å². The van der Waals surface area contributed by atoms with Gasteiger partial charge in [-0.3, -0.25) is 4.79 Å². The van der Waals surface area contributed by atoms with Gasteiger partial charge in [0.05, 0.1) is 0 Å². The number of carbonyl (C=O) groups is 1. The number of phenolic OH excluding ortho intramolecular Hbond substituents is 1. The number of aryl methyl sites for hydroxylation is 1. The van der Waals surface area contributed by atoms with Gasteiger partial charge in [-0.05, 0) is 55.9 Å². The molecule has 2 unspecified atom stereocenters. The lowest BCUT2D eigenvalue weighted by molar-refractivity contribution is -0.128. The van der Waals surface area contributed by atoms with Crippen LogP contribution in [-0.4, -0.2) is 35.0 Å². The molecule has 2 N–H and O–H groups in total. The Balaban J connectivity index is 1.64. The average molecular weight is 288 g/mol. The summed E-state index contributed by atoms with van der Waals surface area (Å²) in [6, 6.07) is 6.32. The van der Waals surface area contributed by atoms with Crippen LogP contribution in [0.4, 0.5) is 0 Å². The van der Waals surface area contributed by atoms with Gasteiger partial charge in [-0.15, -0.1) is 0 Å². The van der Waals surface area contributed by atoms with Crippen LogP contribution in [0.3, 0.4) is 0 Å². The first-order chi connectivity index (χ1) is 10.1. The molecular formula is C17H24N2O2. The third kappa shape index (κ3) is 3.21. The Morgan fingerprint density at radius 1 is 1.38 bits per heavy atom. The predicted octanol–water partition coefficient (Wildman–Crippen LogP) is 2.37. The summed E-state index contributed by atoms with van der Waals surface area (Å²) >= 11 is 0. The van der Waals surface area contributed by atoms with E-state index < -0.39 is 0 Å². The smallest absolute Gasteiger partial charge is 0.222 e. The summed E-state index contributed by atoms with van der Waals surface area (Å²) in [5, 5.41) is 13.3. The van der Waals surface area contributed by atoms with Crippen molar-refractivity contribution in [2.75, 3.05) is 13.1 Å². The van der Waals surface area contributed by atoms with Crippen molar-refractivity contribution >= 4 is 5.91 Å². The van der Waals surface area contributed by atoms with Crippen LogP contribution in [0.25, 0.3) is 0 Å². The van der Waals surface area contributed by atoms with Gasteiger partial charge in [-0.2, -0.15) is 0 Å². The molecule has 0 aromatic heterocycles. The Kier molecular flexibility index (Phi) is 4.15. The molecule has 1 aliphatic heterocycles. The fraction of sp³-hybridized carbons (Fsp3) is 0.588. The third-order valence-electron chi connectivity index (χ3n) is 4.59. The molecule has 1 aromatic carbocycles. The highest BCUT2D eigenvalue weighted by molar-refractivity contribution is 5.78. The van der Waals surface area contributed by atoms with Crippen molar-refractivity contribution in [1.29, 1.82) is 0 Å². The molecule has 1 heterocycles. The van der Waals surface area contributed by atoms with E-state index in [2.05, 4.69) is 12.2 Å². The third-order valence-corrected chi connectivity index (χ3v) is 4.59. The summed E-state index contributed by atoms with van der Waals surface area (Å²) in [6.45, 7) is 3.85. The SMILES string of the molecule is CC(CN1CCCC1=O)NC1CCCc2cc(O)ccc21. The van der Waals surface area contributed by atoms with E-state index in [1.165, 1.54) is 11.1 Å². The molecule has 0 radical (unpaired) electrons. The Morgan fingerprint density at radius 2 is 2.24 bits per heavy atom. The Hall–Kier alpha value is -1.55. The lowest BCUT2D eigenvalue weighted by atomic mass is 9.87. The van der Waals surface area contributed by atoms with Gasteiger partial charge in [0, 0.05) is 31.6 Å². The normalized spacial score (nSPS) is 23.2. The fourth-order valence-electron chi connectivity index (χ4n) is 3.60. The molecule has 4 nitrogen and oxygen atoms in total. The molecule has 4 heteroatoms. The Morgan fingerprint density at radius 3 is 3.00 bits per heavy atom. The lowest BCUT2D eigenvalue weighted by Gasteiger charge is -2.31. The first-order valence-electron chi connectivity index (χ1n) is 7.99. The molecule has 1 aromatic rings. The monoisotopic (exact) mass is 288 g/mol. The molecular weight excluding hydrogens is 264 g/mol. The minimum Gasteiger partial charge on any atom is -0.508 e. The number of likely N-dealkylation sites (tertiary alicyclic amines) is 1. The predicted molar refractivity (Wildman–Crippen MR) is 82.2 cm³/mol. The molecule has 0 bridgehead atoms. The number of aromatic hydroxyl groups is 1. The van der Waals surface area contributed by atoms with Crippen LogP contribution in [0, 0.1) is 0 Å². The Labute approximate surface area is 126 Å². The van der Waals surface area contributed by atoms with Gasteiger partial charge in [0.1, 0.15) is 5.75 Å². The van der Waals surface area contributed by atoms with E-state index in [9.17, 15) is 9.90 Å². The van der Waals surface area contributed by atoms with Crippen molar-refractivity contribution in [2.24, 2.45) is 0 Å². The van der Waals surface area contributed by atoms with E-state index in [0.29, 0.717) is 18.2 Å². The molecule has 1 amide bonds. The van der Waals surface area contributed by atoms with Crippen LogP contribution < -0.4 is 5.32 Å². The first kappa shape index (κ1) is 14.4. The lowest BCUT2D eigenvalue weighted by Crippen LogP contribution is -2.42. The summed E-state index contributed by atoms with van der Waals surface area (Å²) in [5.41, 5.74) is 2.56. The molecule has 1 saturated heterocycles. The summed E-state index contributed by atoms with van der Waals surface area (Å²) in [7, 11) is 0. The van der Waals surface area contributed by atoms with Gasteiger partial charge in [-0.25, -0.2) is 0 Å². The molecule has 114 valence electrons. The summed E-state index contributed by atoms with van der Waals surface area (Å²) < 4.78 is 0. The van der Waals surface area contributed by atoms with Crippen molar-refractivity contribution < 1.29 is 9.90 Å². The number of fused-ring (bicyclic) bond motifs is 1. The zero-order valence-corrected chi connectivity index (χ0v) is 12.6. The minimum absolute atomic E-state index is 0.289. The van der Waals surface area contributed by atoms with E-state index in [1.807, 2.05) is 17.0 Å². The van der Waals surface area contributed by atoms with E-state index in [1.54, 1.807) is 6.07 Å². The molecule has 2 aliphatic rings. The zero-order valence-electron chi connectivity index (χ0n) is 12.6. The molecule has 21 heavy (non-hydrogen) atoms. The number of nitrogens with one attached hydrogen (secondary N) is 1. The highest BCUT2D eigenvalue weighted by atomic mass is 16.3. The first-order valence-corrected chi connectivity index (χ1v) is 7.99. The minimum atomic E-state index is 0.289. The summed E-state index contributed by atoms with van der Waals surface area (Å²) in [6.07, 6.45) is 5.01. The number of hydrogen-bond donors (Lipinski definition) is 2.